The van der Waals surface area contributed by atoms with Crippen LogP contribution in [0.15, 0.2) is 24.3 Å². The summed E-state index contributed by atoms with van der Waals surface area (Å²) in [6.07, 6.45) is 8.36. The summed E-state index contributed by atoms with van der Waals surface area (Å²) in [6.45, 7) is 0. The molecule has 0 bridgehead atoms. The molecule has 0 atom stereocenters. The predicted octanol–water partition coefficient (Wildman–Crippen LogP) is 3.24. The van der Waals surface area contributed by atoms with Crippen LogP contribution in [0.4, 0.5) is 5.69 Å². The highest BCUT2D eigenvalue weighted by Gasteiger charge is 2.25. The molecular weight excluding hydrogens is 316 g/mol. The van der Waals surface area contributed by atoms with Gasteiger partial charge in [0.15, 0.2) is 0 Å². The van der Waals surface area contributed by atoms with E-state index in [-0.39, 0.29) is 23.8 Å². The van der Waals surface area contributed by atoms with Gasteiger partial charge in [0.1, 0.15) is 0 Å². The Hall–Kier alpha value is -1.88. The summed E-state index contributed by atoms with van der Waals surface area (Å²) < 4.78 is 0. The normalized spacial score (nSPS) is 24.5. The lowest BCUT2D eigenvalue weighted by atomic mass is 9.87. The summed E-state index contributed by atoms with van der Waals surface area (Å²) in [4.78, 5) is 24.6. The van der Waals surface area contributed by atoms with E-state index in [9.17, 15) is 14.7 Å². The van der Waals surface area contributed by atoms with Gasteiger partial charge in [0.2, 0.25) is 5.91 Å². The summed E-state index contributed by atoms with van der Waals surface area (Å²) in [6, 6.07) is 7.38. The van der Waals surface area contributed by atoms with Crippen molar-refractivity contribution in [2.75, 3.05) is 5.32 Å². The van der Waals surface area contributed by atoms with Gasteiger partial charge in [-0.2, -0.15) is 0 Å². The van der Waals surface area contributed by atoms with Crippen molar-refractivity contribution in [1.82, 2.24) is 5.32 Å². The lowest BCUT2D eigenvalue weighted by Gasteiger charge is -2.24. The number of nitrogens with one attached hydrogen (secondary N) is 2. The predicted molar refractivity (Wildman–Crippen MR) is 97.4 cm³/mol. The van der Waals surface area contributed by atoms with E-state index in [0.717, 1.165) is 25.7 Å². The number of carbonyl (C=O) groups is 2. The average molecular weight is 344 g/mol. The molecular formula is C20H28N2O3. The van der Waals surface area contributed by atoms with E-state index >= 15 is 0 Å². The second kappa shape index (κ2) is 8.48. The summed E-state index contributed by atoms with van der Waals surface area (Å²) in [5.74, 6) is -0.0602. The molecule has 0 saturated heterocycles. The molecule has 0 unspecified atom stereocenters. The van der Waals surface area contributed by atoms with Gasteiger partial charge >= 0.3 is 0 Å². The molecule has 1 aromatic carbocycles. The number of anilines is 1. The Bertz CT molecular complexity index is 585. The first-order chi connectivity index (χ1) is 12.1. The maximum absolute atomic E-state index is 12.3. The van der Waals surface area contributed by atoms with E-state index in [1.165, 1.54) is 19.3 Å². The molecule has 2 amide bonds. The SMILES string of the molecule is O=C(NC1CCCCC1)c1ccc(NC(=O)C2CCC(O)CC2)cc1. The molecule has 2 aliphatic rings. The quantitative estimate of drug-likeness (QED) is 0.784. The Kier molecular flexibility index (Phi) is 6.08. The molecule has 2 fully saturated rings. The fraction of sp³-hybridized carbons (Fsp3) is 0.600. The fourth-order valence-electron chi connectivity index (χ4n) is 3.80. The number of benzene rings is 1. The van der Waals surface area contributed by atoms with E-state index < -0.39 is 0 Å². The standard InChI is InChI=1S/C20H28N2O3/c23-18-12-8-15(9-13-18)20(25)22-17-10-6-14(7-11-17)19(24)21-16-4-2-1-3-5-16/h6-7,10-11,15-16,18,23H,1-5,8-9,12-13H2,(H,21,24)(H,22,25). The molecule has 3 rings (SSSR count). The average Bonchev–Trinajstić information content (AvgIpc) is 2.63. The molecule has 0 aromatic heterocycles. The van der Waals surface area contributed by atoms with Crippen molar-refractivity contribution in [3.63, 3.8) is 0 Å². The Morgan fingerprint density at radius 1 is 0.880 bits per heavy atom. The number of amides is 2. The molecule has 0 spiro atoms. The lowest BCUT2D eigenvalue weighted by molar-refractivity contribution is -0.121. The van der Waals surface area contributed by atoms with Crippen molar-refractivity contribution >= 4 is 17.5 Å². The van der Waals surface area contributed by atoms with E-state index in [4.69, 9.17) is 0 Å². The minimum absolute atomic E-state index is 0.00584. The minimum Gasteiger partial charge on any atom is -0.393 e. The van der Waals surface area contributed by atoms with E-state index in [2.05, 4.69) is 10.6 Å². The van der Waals surface area contributed by atoms with Crippen LogP contribution >= 0.6 is 0 Å². The number of carbonyl (C=O) groups excluding carboxylic acids is 2. The molecule has 3 N–H and O–H groups in total. The maximum Gasteiger partial charge on any atom is 0.251 e. The van der Waals surface area contributed by atoms with Gasteiger partial charge in [-0.25, -0.2) is 0 Å². The van der Waals surface area contributed by atoms with Crippen LogP contribution < -0.4 is 10.6 Å². The van der Waals surface area contributed by atoms with E-state index in [1.807, 2.05) is 0 Å². The number of rotatable bonds is 4. The third-order valence-corrected chi connectivity index (χ3v) is 5.42. The van der Waals surface area contributed by atoms with Crippen molar-refractivity contribution in [2.24, 2.45) is 5.92 Å². The fourth-order valence-corrected chi connectivity index (χ4v) is 3.80. The highest BCUT2D eigenvalue weighted by atomic mass is 16.3. The number of aliphatic hydroxyl groups is 1. The Morgan fingerprint density at radius 3 is 2.16 bits per heavy atom. The molecule has 1 aromatic rings. The Balaban J connectivity index is 1.51. The summed E-state index contributed by atoms with van der Waals surface area (Å²) >= 11 is 0. The monoisotopic (exact) mass is 344 g/mol. The van der Waals surface area contributed by atoms with Crippen molar-refractivity contribution in [1.29, 1.82) is 0 Å². The van der Waals surface area contributed by atoms with Crippen LogP contribution in [0.1, 0.15) is 68.1 Å². The molecule has 0 radical (unpaired) electrons. The summed E-state index contributed by atoms with van der Waals surface area (Å²) in [7, 11) is 0. The summed E-state index contributed by atoms with van der Waals surface area (Å²) in [5, 5.41) is 15.6. The molecule has 2 saturated carbocycles. The first kappa shape index (κ1) is 17.9. The van der Waals surface area contributed by atoms with Crippen LogP contribution in [0.3, 0.4) is 0 Å². The van der Waals surface area contributed by atoms with Crippen LogP contribution in [-0.2, 0) is 4.79 Å². The number of hydrogen-bond acceptors (Lipinski definition) is 3. The van der Waals surface area contributed by atoms with Gasteiger partial charge in [0, 0.05) is 23.2 Å². The summed E-state index contributed by atoms with van der Waals surface area (Å²) in [5.41, 5.74) is 1.34. The van der Waals surface area contributed by atoms with Crippen molar-refractivity contribution in [2.45, 2.75) is 69.9 Å². The Labute approximate surface area is 149 Å². The molecule has 136 valence electrons. The Morgan fingerprint density at radius 2 is 1.52 bits per heavy atom. The highest BCUT2D eigenvalue weighted by Crippen LogP contribution is 2.25. The van der Waals surface area contributed by atoms with Crippen LogP contribution in [-0.4, -0.2) is 29.1 Å². The van der Waals surface area contributed by atoms with Gasteiger partial charge < -0.3 is 15.7 Å². The zero-order chi connectivity index (χ0) is 17.6. The first-order valence-corrected chi connectivity index (χ1v) is 9.51. The minimum atomic E-state index is -0.258. The van der Waals surface area contributed by atoms with Crippen LogP contribution in [0.5, 0.6) is 0 Å². The van der Waals surface area contributed by atoms with Gasteiger partial charge in [-0.15, -0.1) is 0 Å². The number of aliphatic hydroxyl groups excluding tert-OH is 1. The second-order valence-electron chi connectivity index (χ2n) is 7.38. The maximum atomic E-state index is 12.3. The molecule has 5 heteroatoms. The third kappa shape index (κ3) is 5.05. The van der Waals surface area contributed by atoms with Gasteiger partial charge in [-0.3, -0.25) is 9.59 Å². The smallest absolute Gasteiger partial charge is 0.251 e. The largest absolute Gasteiger partial charge is 0.393 e. The third-order valence-electron chi connectivity index (χ3n) is 5.42. The van der Waals surface area contributed by atoms with Gasteiger partial charge in [-0.05, 0) is 62.8 Å². The molecule has 5 nitrogen and oxygen atoms in total. The van der Waals surface area contributed by atoms with Crippen LogP contribution in [0.2, 0.25) is 0 Å². The molecule has 0 heterocycles. The molecule has 0 aliphatic heterocycles. The van der Waals surface area contributed by atoms with Gasteiger partial charge in [0.05, 0.1) is 6.10 Å². The molecule has 25 heavy (non-hydrogen) atoms. The first-order valence-electron chi connectivity index (χ1n) is 9.51. The van der Waals surface area contributed by atoms with E-state index in [0.29, 0.717) is 30.1 Å². The van der Waals surface area contributed by atoms with Crippen LogP contribution in [0, 0.1) is 5.92 Å². The van der Waals surface area contributed by atoms with Crippen molar-refractivity contribution < 1.29 is 14.7 Å². The lowest BCUT2D eigenvalue weighted by Crippen LogP contribution is -2.36. The van der Waals surface area contributed by atoms with E-state index in [1.54, 1.807) is 24.3 Å². The zero-order valence-corrected chi connectivity index (χ0v) is 14.7. The molecule has 2 aliphatic carbocycles. The van der Waals surface area contributed by atoms with Gasteiger partial charge in [0.25, 0.3) is 5.91 Å². The highest BCUT2D eigenvalue weighted by molar-refractivity contribution is 5.96. The van der Waals surface area contributed by atoms with Crippen molar-refractivity contribution in [3.8, 4) is 0 Å². The topological polar surface area (TPSA) is 78.4 Å². The zero-order valence-electron chi connectivity index (χ0n) is 14.7. The number of hydrogen-bond donors (Lipinski definition) is 3. The van der Waals surface area contributed by atoms with Crippen molar-refractivity contribution in [3.05, 3.63) is 29.8 Å². The van der Waals surface area contributed by atoms with Gasteiger partial charge in [-0.1, -0.05) is 19.3 Å². The van der Waals surface area contributed by atoms with Crippen LogP contribution in [0.25, 0.3) is 0 Å². The second-order valence-corrected chi connectivity index (χ2v) is 7.38.